The first-order valence-corrected chi connectivity index (χ1v) is 35.1. The molecule has 7 amide bonds. The topological polar surface area (TPSA) is 457 Å². The molecule has 11 heterocycles. The van der Waals surface area contributed by atoms with Crippen molar-refractivity contribution in [2.45, 2.75) is 127 Å². The molecule has 8 aromatic rings. The number of fused-ring (bicyclic) bond motifs is 15. The molecule has 0 radical (unpaired) electrons. The molecule has 11 atom stereocenters. The number of thiazole rings is 5. The number of primary amides is 1. The fourth-order valence-corrected chi connectivity index (χ4v) is 16.3. The van der Waals surface area contributed by atoms with E-state index in [-0.39, 0.29) is 106 Å². The molecule has 12 bridgehead atoms. The van der Waals surface area contributed by atoms with Crippen LogP contribution in [0.25, 0.3) is 49.3 Å². The van der Waals surface area contributed by atoms with Crippen molar-refractivity contribution in [2.24, 2.45) is 5.73 Å². The van der Waals surface area contributed by atoms with Crippen molar-refractivity contribution in [3.05, 3.63) is 112 Å². The number of esters is 2. The summed E-state index contributed by atoms with van der Waals surface area (Å²) in [6.07, 6.45) is -7.53. The van der Waals surface area contributed by atoms with Gasteiger partial charge in [0, 0.05) is 49.8 Å². The number of aromatic hydroxyl groups is 1. The number of aliphatic hydroxyl groups is 2. The first kappa shape index (κ1) is 70.4. The van der Waals surface area contributed by atoms with E-state index < -0.39 is 145 Å². The zero-order valence-corrected chi connectivity index (χ0v) is 58.3. The summed E-state index contributed by atoms with van der Waals surface area (Å²) in [7, 11) is 4.85. The molecule has 4 aliphatic rings. The van der Waals surface area contributed by atoms with Gasteiger partial charge in [0.2, 0.25) is 11.8 Å². The summed E-state index contributed by atoms with van der Waals surface area (Å²) in [5.74, 6) is -6.83. The normalized spacial score (nSPS) is 24.1. The number of rotatable bonds is 10. The lowest BCUT2D eigenvalue weighted by atomic mass is 9.85. The van der Waals surface area contributed by atoms with E-state index in [1.54, 1.807) is 55.7 Å². The van der Waals surface area contributed by atoms with Crippen LogP contribution in [0.15, 0.2) is 56.9 Å². The molecule has 100 heavy (non-hydrogen) atoms. The van der Waals surface area contributed by atoms with Crippen LogP contribution < -0.4 is 37.6 Å². The number of nitrogens with zero attached hydrogens (tertiary/aromatic N) is 8. The zero-order valence-electron chi connectivity index (χ0n) is 54.2. The van der Waals surface area contributed by atoms with Crippen LogP contribution in [-0.4, -0.2) is 190 Å². The number of benzene rings is 1. The Hall–Kier alpha value is -9.48. The Morgan fingerprint density at radius 3 is 2.24 bits per heavy atom. The highest BCUT2D eigenvalue weighted by atomic mass is 32.1. The number of urea groups is 1. The summed E-state index contributed by atoms with van der Waals surface area (Å²) in [5.41, 5.74) is 3.23. The second-order valence-corrected chi connectivity index (χ2v) is 28.4. The first-order chi connectivity index (χ1) is 47.7. The zero-order chi connectivity index (χ0) is 71.3. The van der Waals surface area contributed by atoms with Gasteiger partial charge in [-0.1, -0.05) is 12.1 Å². The number of hydrogen-bond donors (Lipinski definition) is 11. The summed E-state index contributed by atoms with van der Waals surface area (Å²) in [6.45, 7) is 5.61. The van der Waals surface area contributed by atoms with Crippen molar-refractivity contribution in [1.82, 2.24) is 71.4 Å². The molecule has 0 aliphatic carbocycles. The van der Waals surface area contributed by atoms with Gasteiger partial charge in [-0.25, -0.2) is 44.3 Å². The molecule has 0 spiro atoms. The number of carbonyl (C=O) groups excluding carboxylic acids is 8. The minimum Gasteiger partial charge on any atom is -0.506 e. The maximum atomic E-state index is 15.2. The van der Waals surface area contributed by atoms with Crippen LogP contribution in [0, 0.1) is 0 Å². The van der Waals surface area contributed by atoms with Crippen LogP contribution in [0.5, 0.6) is 5.75 Å². The first-order valence-electron chi connectivity index (χ1n) is 30.7. The highest BCUT2D eigenvalue weighted by molar-refractivity contribution is 7.14. The smallest absolute Gasteiger partial charge is 0.358 e. The van der Waals surface area contributed by atoms with Gasteiger partial charge in [0.05, 0.1) is 55.3 Å². The molecular weight excluding hydrogens is 1400 g/mol. The predicted octanol–water partition coefficient (Wildman–Crippen LogP) is 3.84. The Bertz CT molecular complexity index is 4590. The highest BCUT2D eigenvalue weighted by Gasteiger charge is 2.50. The molecule has 0 unspecified atom stereocenters. The van der Waals surface area contributed by atoms with E-state index in [4.69, 9.17) is 49.1 Å². The van der Waals surface area contributed by atoms with Crippen molar-refractivity contribution >= 4 is 121 Å². The summed E-state index contributed by atoms with van der Waals surface area (Å²) >= 11 is 4.70. The van der Waals surface area contributed by atoms with Crippen molar-refractivity contribution in [3.63, 3.8) is 0 Å². The highest BCUT2D eigenvalue weighted by Crippen LogP contribution is 2.43. The molecule has 33 nitrogen and oxygen atoms in total. The number of cyclic esters (lactones) is 2. The van der Waals surface area contributed by atoms with E-state index in [2.05, 4.69) is 46.9 Å². The molecule has 0 saturated carbocycles. The van der Waals surface area contributed by atoms with Gasteiger partial charge < -0.3 is 91.5 Å². The lowest BCUT2D eigenvalue weighted by molar-refractivity contribution is -0.280. The van der Waals surface area contributed by atoms with Gasteiger partial charge >= 0.3 is 18.0 Å². The van der Waals surface area contributed by atoms with E-state index >= 15 is 14.4 Å². The minimum absolute atomic E-state index is 0.0126. The average molecular weight is 1470 g/mol. The van der Waals surface area contributed by atoms with Crippen molar-refractivity contribution in [3.8, 4) is 38.4 Å². The Labute approximate surface area is 587 Å². The number of pyridine rings is 1. The number of likely N-dealkylation sites (N-methyl/N-ethyl adjacent to an activating group) is 1. The van der Waals surface area contributed by atoms with Gasteiger partial charge in [-0.15, -0.1) is 56.7 Å². The van der Waals surface area contributed by atoms with Crippen LogP contribution in [0.1, 0.15) is 127 Å². The number of nitrogens with one attached hydrogen (secondary N) is 6. The molecule has 1 aromatic carbocycles. The molecule has 4 aliphatic heterocycles. The molecule has 12 rings (SSSR count). The largest absolute Gasteiger partial charge is 0.506 e. The number of nitrogens with two attached hydrogens (primary N) is 1. The van der Waals surface area contributed by atoms with Crippen molar-refractivity contribution < 1.29 is 87.3 Å². The van der Waals surface area contributed by atoms with Gasteiger partial charge in [0.25, 0.3) is 17.7 Å². The Morgan fingerprint density at radius 1 is 0.850 bits per heavy atom. The Balaban J connectivity index is 1.02. The quantitative estimate of drug-likeness (QED) is 0.0526. The standard InChI is InChI=1S/C62H65N15O18S5/c1-23(65-61(63)87)49(80)64-14-28-18-96-57(66-28)43-37(79)12-29-42(72-43)32-19-98-55(68-32)31-17-93-59(85)45-30-16-91-46(47(95-38-13-62(5,88)48(76(6)7)26(4)94-38)60(86)92-15-27-10-9-11-36(39(27)30)77(45)89)44(58-71-33(21-100-58)50(81)67-31)75-52(83)35-22-99-56(70-35)41(25(3)90-8)74-53(84)40(24(2)78)73-51(82)34-20-97-54(29)69-34/h9-12,18-24,26,31,38,40,44,46-48,78-79,88-89H,13-17H2,1-8H3,(H,64,80)(H,67,81)(H,73,82)(H,74,84)(H,75,83)(H3,63,65,87)/b41-25+/t23-,24+,26-,31-,38-,40-,44-,46-,47-,48+,62-/m0/s1. The fourth-order valence-electron chi connectivity index (χ4n) is 12.1. The third-order valence-corrected chi connectivity index (χ3v) is 21.3. The predicted molar refractivity (Wildman–Crippen MR) is 358 cm³/mol. The number of aromatic nitrogens is 7. The molecule has 7 aromatic heterocycles. The maximum absolute atomic E-state index is 15.2. The summed E-state index contributed by atoms with van der Waals surface area (Å²) in [6, 6.07) is -1.14. The van der Waals surface area contributed by atoms with Crippen LogP contribution in [0.2, 0.25) is 0 Å². The van der Waals surface area contributed by atoms with Gasteiger partial charge in [0.15, 0.2) is 18.1 Å². The van der Waals surface area contributed by atoms with Crippen LogP contribution in [0.4, 0.5) is 4.79 Å². The monoisotopic (exact) mass is 1470 g/mol. The molecule has 1 fully saturated rings. The van der Waals surface area contributed by atoms with E-state index in [1.807, 2.05) is 0 Å². The van der Waals surface area contributed by atoms with Crippen molar-refractivity contribution in [1.29, 1.82) is 0 Å². The van der Waals surface area contributed by atoms with E-state index in [1.165, 1.54) is 56.2 Å². The maximum Gasteiger partial charge on any atom is 0.358 e. The summed E-state index contributed by atoms with van der Waals surface area (Å²) in [4.78, 5) is 144. The number of methoxy groups -OCH3 is 1. The average Bonchev–Trinajstić information content (AvgIpc) is 1.59. The molecule has 12 N–H and O–H groups in total. The Kier molecular flexibility index (Phi) is 20.2. The minimum atomic E-state index is -1.91. The fraction of sp³-hybridized carbons (Fsp3) is 0.387. The van der Waals surface area contributed by atoms with Crippen LogP contribution >= 0.6 is 56.7 Å². The van der Waals surface area contributed by atoms with Crippen LogP contribution in [0.3, 0.4) is 0 Å². The lowest BCUT2D eigenvalue weighted by Gasteiger charge is -2.48. The van der Waals surface area contributed by atoms with E-state index in [0.29, 0.717) is 16.0 Å². The van der Waals surface area contributed by atoms with Gasteiger partial charge in [-0.05, 0) is 66.4 Å². The van der Waals surface area contributed by atoms with E-state index in [9.17, 15) is 44.5 Å². The summed E-state index contributed by atoms with van der Waals surface area (Å²) < 4.78 is 38.3. The number of ether oxygens (including phenoxy) is 6. The third-order valence-electron chi connectivity index (χ3n) is 16.8. The van der Waals surface area contributed by atoms with Gasteiger partial charge in [-0.3, -0.25) is 24.0 Å². The molecule has 1 saturated heterocycles. The SMILES string of the molecule is CO/C(C)=C1/NC(=O)[C@H]([C@@H](C)O)NC(=O)c2csc(n2)-c2cc(O)c(-c3nc(CNC(=O)[C@H](C)NC(N)=O)cs3)nc2-c2csc(n2)[C@@H]2COC(=O)c3c4c5c(cccc5n3O)COC(=O)[C@@H](O[C@H]3C[C@](C)(O)[C@H](N(C)C)[C@H](C)O3)[C@@H](OC4)[C@H](NC(=O)c3csc1n3)c1nc(cs1)C(=O)N2. The lowest BCUT2D eigenvalue weighted by Crippen LogP contribution is -2.62. The van der Waals surface area contributed by atoms with Gasteiger partial charge in [-0.2, -0.15) is 4.73 Å². The third kappa shape index (κ3) is 14.2. The summed E-state index contributed by atoms with van der Waals surface area (Å²) in [5, 5.41) is 70.9. The van der Waals surface area contributed by atoms with Crippen molar-refractivity contribution in [2.75, 3.05) is 27.8 Å². The second kappa shape index (κ2) is 28.6. The number of hydrogen-bond acceptors (Lipinski definition) is 30. The second-order valence-electron chi connectivity index (χ2n) is 24.1. The Morgan fingerprint density at radius 2 is 1.52 bits per heavy atom. The van der Waals surface area contributed by atoms with Crippen LogP contribution in [-0.2, 0) is 62.6 Å². The number of aliphatic hydroxyl groups excluding tert-OH is 1. The van der Waals surface area contributed by atoms with E-state index in [0.717, 1.165) is 56.7 Å². The number of allylic oxidation sites excluding steroid dienone is 1. The molecule has 526 valence electrons. The molecular formula is C62H65N15O18S5. The van der Waals surface area contributed by atoms with Gasteiger partial charge in [0.1, 0.15) is 120 Å². The number of amides is 7. The molecule has 38 heteroatoms. The number of carbonyl (C=O) groups is 8.